The van der Waals surface area contributed by atoms with Gasteiger partial charge in [-0.2, -0.15) is 0 Å². The first kappa shape index (κ1) is 11.4. The second kappa shape index (κ2) is 4.03. The van der Waals surface area contributed by atoms with E-state index < -0.39 is 0 Å². The van der Waals surface area contributed by atoms with Gasteiger partial charge in [-0.1, -0.05) is 13.8 Å². The van der Waals surface area contributed by atoms with E-state index in [2.05, 4.69) is 24.1 Å². The molecule has 1 aromatic rings. The molecule has 0 amide bonds. The summed E-state index contributed by atoms with van der Waals surface area (Å²) in [4.78, 5) is 4.10. The van der Waals surface area contributed by atoms with Gasteiger partial charge in [0.05, 0.1) is 18.0 Å². The van der Waals surface area contributed by atoms with Gasteiger partial charge >= 0.3 is 0 Å². The summed E-state index contributed by atoms with van der Waals surface area (Å²) in [5.74, 6) is 0.183. The fourth-order valence-corrected chi connectivity index (χ4v) is 2.00. The summed E-state index contributed by atoms with van der Waals surface area (Å²) in [5.41, 5.74) is 0.840. The molecule has 88 valence electrons. The Morgan fingerprint density at radius 3 is 2.75 bits per heavy atom. The molecule has 1 fully saturated rings. The van der Waals surface area contributed by atoms with Crippen molar-refractivity contribution in [1.82, 2.24) is 10.3 Å². The average Bonchev–Trinajstić information content (AvgIpc) is 2.26. The van der Waals surface area contributed by atoms with Gasteiger partial charge in [0, 0.05) is 18.0 Å². The lowest BCUT2D eigenvalue weighted by molar-refractivity contribution is -0.0730. The van der Waals surface area contributed by atoms with Crippen LogP contribution < -0.4 is 5.32 Å². The van der Waals surface area contributed by atoms with Crippen LogP contribution in [0.1, 0.15) is 26.0 Å². The van der Waals surface area contributed by atoms with Gasteiger partial charge in [0.15, 0.2) is 0 Å². The van der Waals surface area contributed by atoms with Crippen LogP contribution in [0.15, 0.2) is 18.3 Å². The van der Waals surface area contributed by atoms with E-state index in [1.807, 2.05) is 0 Å². The van der Waals surface area contributed by atoms with Crippen molar-refractivity contribution in [3.8, 4) is 5.75 Å². The molecule has 1 heterocycles. The minimum Gasteiger partial charge on any atom is -0.506 e. The number of pyridine rings is 1. The number of nitrogens with zero attached hydrogens (tertiary/aromatic N) is 1. The van der Waals surface area contributed by atoms with Crippen LogP contribution in [-0.4, -0.2) is 27.3 Å². The smallest absolute Gasteiger partial charge is 0.133 e. The molecule has 1 saturated carbocycles. The first-order chi connectivity index (χ1) is 7.50. The average molecular weight is 222 g/mol. The van der Waals surface area contributed by atoms with Crippen molar-refractivity contribution in [1.29, 1.82) is 0 Å². The molecule has 0 radical (unpaired) electrons. The molecule has 2 atom stereocenters. The number of aromatic nitrogens is 1. The molecule has 0 spiro atoms. The van der Waals surface area contributed by atoms with Gasteiger partial charge in [-0.15, -0.1) is 0 Å². The molecule has 3 N–H and O–H groups in total. The third-order valence-electron chi connectivity index (χ3n) is 3.55. The minimum absolute atomic E-state index is 0.0586. The Balaban J connectivity index is 1.87. The van der Waals surface area contributed by atoms with Crippen molar-refractivity contribution in [2.75, 3.05) is 0 Å². The van der Waals surface area contributed by atoms with Gasteiger partial charge in [-0.3, -0.25) is 4.98 Å². The van der Waals surface area contributed by atoms with Gasteiger partial charge in [0.2, 0.25) is 0 Å². The maximum Gasteiger partial charge on any atom is 0.133 e. The summed E-state index contributed by atoms with van der Waals surface area (Å²) in [6, 6.07) is 3.76. The monoisotopic (exact) mass is 222 g/mol. The molecule has 1 aliphatic rings. The third-order valence-corrected chi connectivity index (χ3v) is 3.55. The molecule has 2 unspecified atom stereocenters. The highest BCUT2D eigenvalue weighted by Gasteiger charge is 2.46. The van der Waals surface area contributed by atoms with Crippen molar-refractivity contribution in [2.45, 2.75) is 39.0 Å². The lowest BCUT2D eigenvalue weighted by Crippen LogP contribution is -2.59. The first-order valence-electron chi connectivity index (χ1n) is 5.55. The standard InChI is InChI=1S/C12H18N2O2/c1-12(2)10(5-11(12)16)14-6-8-3-4-9(15)7-13-8/h3-4,7,10-11,14-16H,5-6H2,1-2H3. The van der Waals surface area contributed by atoms with Crippen LogP contribution in [0.5, 0.6) is 5.75 Å². The molecule has 1 aromatic heterocycles. The summed E-state index contributed by atoms with van der Waals surface area (Å²) in [7, 11) is 0. The number of aliphatic hydroxyl groups excluding tert-OH is 1. The van der Waals surface area contributed by atoms with E-state index in [9.17, 15) is 5.11 Å². The summed E-state index contributed by atoms with van der Waals surface area (Å²) < 4.78 is 0. The van der Waals surface area contributed by atoms with E-state index >= 15 is 0 Å². The Bertz CT molecular complexity index is 362. The summed E-state index contributed by atoms with van der Waals surface area (Å²) >= 11 is 0. The molecule has 0 aliphatic heterocycles. The Morgan fingerprint density at radius 1 is 1.50 bits per heavy atom. The highest BCUT2D eigenvalue weighted by molar-refractivity contribution is 5.18. The van der Waals surface area contributed by atoms with Gasteiger partial charge < -0.3 is 15.5 Å². The van der Waals surface area contributed by atoms with Crippen LogP contribution >= 0.6 is 0 Å². The van der Waals surface area contributed by atoms with Crippen LogP contribution in [0.4, 0.5) is 0 Å². The van der Waals surface area contributed by atoms with E-state index in [0.29, 0.717) is 12.6 Å². The van der Waals surface area contributed by atoms with Crippen molar-refractivity contribution in [3.63, 3.8) is 0 Å². The van der Waals surface area contributed by atoms with E-state index in [1.165, 1.54) is 6.20 Å². The van der Waals surface area contributed by atoms with Crippen molar-refractivity contribution >= 4 is 0 Å². The molecular weight excluding hydrogens is 204 g/mol. The molecule has 4 nitrogen and oxygen atoms in total. The SMILES string of the molecule is CC1(C)C(O)CC1NCc1ccc(O)cn1. The molecule has 1 aliphatic carbocycles. The number of aliphatic hydroxyl groups is 1. The van der Waals surface area contributed by atoms with E-state index in [1.54, 1.807) is 12.1 Å². The fraction of sp³-hybridized carbons (Fsp3) is 0.583. The topological polar surface area (TPSA) is 65.4 Å². The fourth-order valence-electron chi connectivity index (χ4n) is 2.00. The molecule has 0 bridgehead atoms. The minimum atomic E-state index is -0.210. The number of aromatic hydroxyl groups is 1. The van der Waals surface area contributed by atoms with E-state index in [-0.39, 0.29) is 17.3 Å². The Labute approximate surface area is 95.3 Å². The zero-order valence-corrected chi connectivity index (χ0v) is 9.64. The summed E-state index contributed by atoms with van der Waals surface area (Å²) in [5, 5.41) is 22.1. The largest absolute Gasteiger partial charge is 0.506 e. The second-order valence-corrected chi connectivity index (χ2v) is 5.01. The third kappa shape index (κ3) is 2.03. The van der Waals surface area contributed by atoms with E-state index in [0.717, 1.165) is 12.1 Å². The van der Waals surface area contributed by atoms with Gasteiger partial charge in [-0.05, 0) is 18.6 Å². The second-order valence-electron chi connectivity index (χ2n) is 5.01. The van der Waals surface area contributed by atoms with Crippen LogP contribution in [0, 0.1) is 5.41 Å². The first-order valence-corrected chi connectivity index (χ1v) is 5.55. The zero-order valence-electron chi connectivity index (χ0n) is 9.64. The normalized spacial score (nSPS) is 27.4. The molecule has 0 saturated heterocycles. The predicted octanol–water partition coefficient (Wildman–Crippen LogP) is 1.04. The van der Waals surface area contributed by atoms with Gasteiger partial charge in [0.25, 0.3) is 0 Å². The van der Waals surface area contributed by atoms with E-state index in [4.69, 9.17) is 5.11 Å². The van der Waals surface area contributed by atoms with Crippen LogP contribution in [0.2, 0.25) is 0 Å². The van der Waals surface area contributed by atoms with Crippen LogP contribution in [0.3, 0.4) is 0 Å². The molecule has 2 rings (SSSR count). The van der Waals surface area contributed by atoms with Crippen molar-refractivity contribution in [2.24, 2.45) is 5.41 Å². The number of hydrogen-bond acceptors (Lipinski definition) is 4. The number of nitrogens with one attached hydrogen (secondary N) is 1. The summed E-state index contributed by atoms with van der Waals surface area (Å²) in [6.45, 7) is 4.78. The predicted molar refractivity (Wildman–Crippen MR) is 60.9 cm³/mol. The maximum absolute atomic E-state index is 9.59. The molecule has 0 aromatic carbocycles. The Hall–Kier alpha value is -1.13. The quantitative estimate of drug-likeness (QED) is 0.715. The lowest BCUT2D eigenvalue weighted by atomic mass is 9.64. The highest BCUT2D eigenvalue weighted by atomic mass is 16.3. The number of hydrogen-bond donors (Lipinski definition) is 3. The van der Waals surface area contributed by atoms with Gasteiger partial charge in [0.1, 0.15) is 5.75 Å². The molecule has 16 heavy (non-hydrogen) atoms. The Kier molecular flexibility index (Phi) is 2.86. The maximum atomic E-state index is 9.59. The molecule has 4 heteroatoms. The lowest BCUT2D eigenvalue weighted by Gasteiger charge is -2.49. The number of rotatable bonds is 3. The van der Waals surface area contributed by atoms with Crippen molar-refractivity contribution in [3.05, 3.63) is 24.0 Å². The van der Waals surface area contributed by atoms with Gasteiger partial charge in [-0.25, -0.2) is 0 Å². The zero-order chi connectivity index (χ0) is 11.8. The summed E-state index contributed by atoms with van der Waals surface area (Å²) in [6.07, 6.45) is 2.03. The van der Waals surface area contributed by atoms with Crippen molar-refractivity contribution < 1.29 is 10.2 Å². The highest BCUT2D eigenvalue weighted by Crippen LogP contribution is 2.40. The van der Waals surface area contributed by atoms with Crippen LogP contribution in [0.25, 0.3) is 0 Å². The van der Waals surface area contributed by atoms with Crippen LogP contribution in [-0.2, 0) is 6.54 Å². The Morgan fingerprint density at radius 2 is 2.25 bits per heavy atom. The molecular formula is C12H18N2O2.